The van der Waals surface area contributed by atoms with E-state index >= 15 is 0 Å². The number of piperidine rings is 3. The number of rotatable bonds is 12. The van der Waals surface area contributed by atoms with E-state index in [0.29, 0.717) is 54.6 Å². The lowest BCUT2D eigenvalue weighted by Crippen LogP contribution is -2.52. The largest absolute Gasteiger partial charge is 0.489 e. The average molecular weight is 810 g/mol. The van der Waals surface area contributed by atoms with E-state index < -0.39 is 23.9 Å². The third kappa shape index (κ3) is 8.14. The number of likely N-dealkylation sites (tertiary alicyclic amines) is 1. The molecule has 3 fully saturated rings. The molecular formula is C47H47N5O8. The highest BCUT2D eigenvalue weighted by Gasteiger charge is 2.41. The Morgan fingerprint density at radius 2 is 0.983 bits per heavy atom. The van der Waals surface area contributed by atoms with Crippen molar-refractivity contribution in [3.05, 3.63) is 129 Å². The van der Waals surface area contributed by atoms with Gasteiger partial charge in [-0.2, -0.15) is 0 Å². The monoisotopic (exact) mass is 809 g/mol. The second-order valence-electron chi connectivity index (χ2n) is 16.5. The van der Waals surface area contributed by atoms with Crippen LogP contribution in [0.1, 0.15) is 92.6 Å². The summed E-state index contributed by atoms with van der Waals surface area (Å²) in [6.45, 7) is 4.23. The standard InChI is InChI=1S/C47H47N5O8/c53-42-17-15-38(44(55)48-42)51-25-36-34(46(51)57)3-1-5-40(36)59-27-32-11-7-29(8-12-32)23-30-19-21-50(22-20-30)24-31-9-13-33(14-10-31)28-60-41-6-2-4-35-37(41)26-52(47(35)58)39-16-18-43(54)49-45(39)56/h1-14,30,38-39H,15-28H2,(H,48,53,55)(H,49,54,56)/t38-,39-/m0/s1. The predicted molar refractivity (Wildman–Crippen MR) is 218 cm³/mol. The van der Waals surface area contributed by atoms with Crippen LogP contribution in [-0.4, -0.2) is 75.3 Å². The highest BCUT2D eigenvalue weighted by Crippen LogP contribution is 2.36. The number of nitrogens with zero attached hydrogens (tertiary/aromatic N) is 3. The fraction of sp³-hybridized carbons (Fsp3) is 0.362. The Bertz CT molecular complexity index is 2190. The fourth-order valence-electron chi connectivity index (χ4n) is 9.16. The Balaban J connectivity index is 0.713. The molecule has 0 radical (unpaired) electrons. The number of nitrogens with one attached hydrogen (secondary N) is 2. The quantitative estimate of drug-likeness (QED) is 0.192. The highest BCUT2D eigenvalue weighted by molar-refractivity contribution is 6.06. The van der Waals surface area contributed by atoms with Crippen LogP contribution in [0.2, 0.25) is 0 Å². The van der Waals surface area contributed by atoms with Gasteiger partial charge < -0.3 is 19.3 Å². The molecule has 6 amide bonds. The molecule has 3 saturated heterocycles. The Kier molecular flexibility index (Phi) is 10.9. The second-order valence-corrected chi connectivity index (χ2v) is 16.5. The molecule has 0 bridgehead atoms. The number of carbonyl (C=O) groups is 6. The molecule has 0 aromatic heterocycles. The molecule has 4 aromatic rings. The number of imide groups is 2. The van der Waals surface area contributed by atoms with Crippen molar-refractivity contribution in [2.75, 3.05) is 13.1 Å². The lowest BCUT2D eigenvalue weighted by atomic mass is 9.90. The van der Waals surface area contributed by atoms with Crippen LogP contribution >= 0.6 is 0 Å². The van der Waals surface area contributed by atoms with Gasteiger partial charge in [0.15, 0.2) is 0 Å². The molecule has 60 heavy (non-hydrogen) atoms. The Hall–Kier alpha value is -6.34. The summed E-state index contributed by atoms with van der Waals surface area (Å²) in [6, 6.07) is 26.6. The van der Waals surface area contributed by atoms with Gasteiger partial charge in [0.1, 0.15) is 36.8 Å². The maximum atomic E-state index is 13.2. The molecule has 0 unspecified atom stereocenters. The normalized spacial score (nSPS) is 20.9. The van der Waals surface area contributed by atoms with Gasteiger partial charge in [0, 0.05) is 41.6 Å². The fourth-order valence-corrected chi connectivity index (χ4v) is 9.16. The third-order valence-electron chi connectivity index (χ3n) is 12.6. The molecule has 5 aliphatic heterocycles. The van der Waals surface area contributed by atoms with Crippen LogP contribution in [0.3, 0.4) is 0 Å². The first-order valence-corrected chi connectivity index (χ1v) is 20.8. The summed E-state index contributed by atoms with van der Waals surface area (Å²) in [7, 11) is 0. The number of amides is 6. The molecule has 4 aromatic carbocycles. The molecule has 0 aliphatic carbocycles. The Morgan fingerprint density at radius 3 is 1.45 bits per heavy atom. The summed E-state index contributed by atoms with van der Waals surface area (Å²) >= 11 is 0. The summed E-state index contributed by atoms with van der Waals surface area (Å²) in [4.78, 5) is 80.2. The number of ether oxygens (including phenoxy) is 2. The average Bonchev–Trinajstić information content (AvgIpc) is 3.77. The Labute approximate surface area is 348 Å². The molecule has 2 N–H and O–H groups in total. The molecule has 5 aliphatic rings. The lowest BCUT2D eigenvalue weighted by Gasteiger charge is -2.32. The number of hydrogen-bond acceptors (Lipinski definition) is 9. The van der Waals surface area contributed by atoms with Gasteiger partial charge in [-0.05, 0) is 97.6 Å². The summed E-state index contributed by atoms with van der Waals surface area (Å²) < 4.78 is 12.4. The van der Waals surface area contributed by atoms with Gasteiger partial charge in [-0.1, -0.05) is 60.7 Å². The van der Waals surface area contributed by atoms with Crippen LogP contribution in [0.25, 0.3) is 0 Å². The van der Waals surface area contributed by atoms with Crippen LogP contribution in [0, 0.1) is 5.92 Å². The summed E-state index contributed by atoms with van der Waals surface area (Å²) in [5.41, 5.74) is 7.23. The van der Waals surface area contributed by atoms with Crippen LogP contribution < -0.4 is 20.1 Å². The second kappa shape index (κ2) is 16.7. The van der Waals surface area contributed by atoms with Crippen molar-refractivity contribution < 1.29 is 38.2 Å². The van der Waals surface area contributed by atoms with E-state index in [1.807, 2.05) is 12.1 Å². The smallest absolute Gasteiger partial charge is 0.255 e. The first kappa shape index (κ1) is 39.1. The van der Waals surface area contributed by atoms with E-state index in [1.165, 1.54) is 11.1 Å². The van der Waals surface area contributed by atoms with Crippen molar-refractivity contribution in [1.29, 1.82) is 0 Å². The molecule has 308 valence electrons. The van der Waals surface area contributed by atoms with Crippen molar-refractivity contribution >= 4 is 35.4 Å². The topological polar surface area (TPSA) is 155 Å². The van der Waals surface area contributed by atoms with Crippen molar-refractivity contribution in [3.63, 3.8) is 0 Å². The van der Waals surface area contributed by atoms with Gasteiger partial charge in [-0.25, -0.2) is 0 Å². The molecule has 9 rings (SSSR count). The van der Waals surface area contributed by atoms with Crippen LogP contribution in [0.5, 0.6) is 11.5 Å². The zero-order valence-electron chi connectivity index (χ0n) is 33.3. The highest BCUT2D eigenvalue weighted by atomic mass is 16.5. The van der Waals surface area contributed by atoms with Gasteiger partial charge in [-0.15, -0.1) is 0 Å². The van der Waals surface area contributed by atoms with Crippen LogP contribution in [0.15, 0.2) is 84.9 Å². The number of carbonyl (C=O) groups excluding carboxylic acids is 6. The minimum absolute atomic E-state index is 0.213. The first-order valence-electron chi connectivity index (χ1n) is 20.8. The van der Waals surface area contributed by atoms with E-state index in [0.717, 1.165) is 61.2 Å². The van der Waals surface area contributed by atoms with Crippen molar-refractivity contribution in [3.8, 4) is 11.5 Å². The Morgan fingerprint density at radius 1 is 0.533 bits per heavy atom. The molecule has 0 saturated carbocycles. The minimum Gasteiger partial charge on any atom is -0.489 e. The van der Waals surface area contributed by atoms with Crippen molar-refractivity contribution in [2.45, 2.75) is 89.9 Å². The number of fused-ring (bicyclic) bond motifs is 2. The summed E-state index contributed by atoms with van der Waals surface area (Å²) in [5, 5.41) is 4.70. The molecule has 2 atom stereocenters. The lowest BCUT2D eigenvalue weighted by molar-refractivity contribution is -0.138. The first-order chi connectivity index (χ1) is 29.2. The zero-order valence-corrected chi connectivity index (χ0v) is 33.3. The number of benzene rings is 4. The molecule has 5 heterocycles. The minimum atomic E-state index is -0.663. The van der Waals surface area contributed by atoms with E-state index in [-0.39, 0.29) is 49.6 Å². The molecule has 13 nitrogen and oxygen atoms in total. The van der Waals surface area contributed by atoms with Crippen molar-refractivity contribution in [2.24, 2.45) is 5.92 Å². The van der Waals surface area contributed by atoms with Gasteiger partial charge in [0.2, 0.25) is 23.6 Å². The summed E-state index contributed by atoms with van der Waals surface area (Å²) in [6.07, 6.45) is 4.37. The van der Waals surface area contributed by atoms with E-state index in [9.17, 15) is 28.8 Å². The van der Waals surface area contributed by atoms with Crippen molar-refractivity contribution in [1.82, 2.24) is 25.3 Å². The maximum Gasteiger partial charge on any atom is 0.255 e. The van der Waals surface area contributed by atoms with Crippen LogP contribution in [-0.2, 0) is 58.4 Å². The van der Waals surface area contributed by atoms with E-state index in [4.69, 9.17) is 9.47 Å². The summed E-state index contributed by atoms with van der Waals surface area (Å²) in [5.74, 6) is -0.0210. The van der Waals surface area contributed by atoms with E-state index in [1.54, 1.807) is 34.1 Å². The zero-order chi connectivity index (χ0) is 41.3. The maximum absolute atomic E-state index is 13.2. The van der Waals surface area contributed by atoms with Gasteiger partial charge in [0.25, 0.3) is 11.8 Å². The molecule has 0 spiro atoms. The molecular weight excluding hydrogens is 763 g/mol. The van der Waals surface area contributed by atoms with Gasteiger partial charge in [-0.3, -0.25) is 44.3 Å². The number of hydrogen-bond donors (Lipinski definition) is 2. The third-order valence-corrected chi connectivity index (χ3v) is 12.6. The van der Waals surface area contributed by atoms with E-state index in [2.05, 4.69) is 64.1 Å². The SMILES string of the molecule is O=C1CC[C@H](N2Cc3c(OCc4ccc(CC5CCN(Cc6ccc(COc7cccc8c7CN([C@H]7CCC(=O)NC7=O)C8=O)cc6)CC5)cc4)cccc3C2=O)C(=O)N1. The predicted octanol–water partition coefficient (Wildman–Crippen LogP) is 4.82. The van der Waals surface area contributed by atoms with Gasteiger partial charge in [0.05, 0.1) is 13.1 Å². The molecule has 13 heteroatoms. The van der Waals surface area contributed by atoms with Gasteiger partial charge >= 0.3 is 0 Å². The van der Waals surface area contributed by atoms with Crippen LogP contribution in [0.4, 0.5) is 0 Å².